The Balaban J connectivity index is 2.16. The maximum Gasteiger partial charge on any atom is 0.358 e. The molecular weight excluding hydrogens is 324 g/mol. The molecule has 0 bridgehead atoms. The molecule has 2 rings (SSSR count). The molecule has 114 valence electrons. The third kappa shape index (κ3) is 3.81. The summed E-state index contributed by atoms with van der Waals surface area (Å²) in [7, 11) is 0. The monoisotopic (exact) mass is 336 g/mol. The van der Waals surface area contributed by atoms with E-state index >= 15 is 0 Å². The Morgan fingerprint density at radius 2 is 1.50 bits per heavy atom. The molecule has 1 atom stereocenters. The van der Waals surface area contributed by atoms with Crippen LogP contribution in [0, 0.1) is 0 Å². The molecule has 0 saturated heterocycles. The van der Waals surface area contributed by atoms with Gasteiger partial charge in [0.05, 0.1) is 0 Å². The summed E-state index contributed by atoms with van der Waals surface area (Å²) >= 11 is 9.71. The van der Waals surface area contributed by atoms with Crippen LogP contribution in [0.1, 0.15) is 22.8 Å². The Labute approximate surface area is 138 Å². The lowest BCUT2D eigenvalue weighted by molar-refractivity contribution is -0.146. The average Bonchev–Trinajstić information content (AvgIpc) is 2.47. The lowest BCUT2D eigenvalue weighted by Crippen LogP contribution is -2.35. The van der Waals surface area contributed by atoms with Gasteiger partial charge in [-0.05, 0) is 55.5 Å². The van der Waals surface area contributed by atoms with Gasteiger partial charge in [-0.3, -0.25) is 4.79 Å². The molecule has 2 aromatic rings. The van der Waals surface area contributed by atoms with Crippen molar-refractivity contribution in [3.63, 3.8) is 0 Å². The molecule has 2 aromatic carbocycles. The lowest BCUT2D eigenvalue weighted by atomic mass is 10.0. The highest BCUT2D eigenvalue weighted by atomic mass is 35.5. The zero-order valence-electron chi connectivity index (χ0n) is 11.6. The van der Waals surface area contributed by atoms with Crippen molar-refractivity contribution < 1.29 is 19.4 Å². The zero-order valence-corrected chi connectivity index (χ0v) is 13.3. The predicted octanol–water partition coefficient (Wildman–Crippen LogP) is 3.68. The number of ketones is 1. The molecule has 0 aromatic heterocycles. The van der Waals surface area contributed by atoms with Gasteiger partial charge in [0.15, 0.2) is 5.78 Å². The maximum absolute atomic E-state index is 12.3. The van der Waals surface area contributed by atoms with E-state index < -0.39 is 10.9 Å². The first kappa shape index (κ1) is 16.4. The van der Waals surface area contributed by atoms with Crippen molar-refractivity contribution >= 4 is 36.0 Å². The summed E-state index contributed by atoms with van der Waals surface area (Å²) in [5.41, 5.74) is 0.980. The maximum atomic E-state index is 12.3. The second kappa shape index (κ2) is 6.42. The smallest absolute Gasteiger partial charge is 0.358 e. The van der Waals surface area contributed by atoms with Crippen LogP contribution in [0.5, 0.6) is 5.75 Å². The molecule has 1 unspecified atom stereocenters. The first-order chi connectivity index (χ1) is 10.3. The van der Waals surface area contributed by atoms with Gasteiger partial charge in [0, 0.05) is 16.1 Å². The highest BCUT2D eigenvalue weighted by Crippen LogP contribution is 2.23. The number of carboxylic acids is 1. The summed E-state index contributed by atoms with van der Waals surface area (Å²) in [6, 6.07) is 12.8. The molecule has 0 amide bonds. The van der Waals surface area contributed by atoms with Gasteiger partial charge in [-0.15, -0.1) is 12.6 Å². The lowest BCUT2D eigenvalue weighted by Gasteiger charge is -2.20. The predicted molar refractivity (Wildman–Crippen MR) is 87.0 cm³/mol. The van der Waals surface area contributed by atoms with E-state index in [2.05, 4.69) is 12.6 Å². The number of aliphatic carboxylic acids is 1. The molecule has 0 aliphatic rings. The normalized spacial score (nSPS) is 13.2. The standard InChI is InChI=1S/C16H13ClO4S/c1-16(22,15(19)20)21-13-8-4-11(5-9-13)14(18)10-2-6-12(17)7-3-10/h2-9,22H,1H3,(H,19,20). The van der Waals surface area contributed by atoms with Gasteiger partial charge in [0.25, 0.3) is 0 Å². The van der Waals surface area contributed by atoms with Gasteiger partial charge in [-0.2, -0.15) is 0 Å². The highest BCUT2D eigenvalue weighted by Gasteiger charge is 2.30. The van der Waals surface area contributed by atoms with Crippen LogP contribution in [0.2, 0.25) is 5.02 Å². The Bertz CT molecular complexity index is 693. The summed E-state index contributed by atoms with van der Waals surface area (Å²) in [5.74, 6) is -1.04. The fourth-order valence-corrected chi connectivity index (χ4v) is 1.95. The summed E-state index contributed by atoms with van der Waals surface area (Å²) in [6.45, 7) is 1.32. The number of hydrogen-bond acceptors (Lipinski definition) is 4. The molecule has 0 spiro atoms. The van der Waals surface area contributed by atoms with Crippen molar-refractivity contribution in [2.45, 2.75) is 11.9 Å². The van der Waals surface area contributed by atoms with Crippen LogP contribution in [0.4, 0.5) is 0 Å². The van der Waals surface area contributed by atoms with E-state index in [1.807, 2.05) is 0 Å². The second-order valence-corrected chi connectivity index (χ2v) is 6.04. The molecule has 4 nitrogen and oxygen atoms in total. The molecule has 6 heteroatoms. The quantitative estimate of drug-likeness (QED) is 0.496. The minimum atomic E-state index is -1.64. The first-order valence-electron chi connectivity index (χ1n) is 6.35. The van der Waals surface area contributed by atoms with Gasteiger partial charge in [-0.1, -0.05) is 11.6 Å². The number of carboxylic acid groups (broad SMARTS) is 1. The number of hydrogen-bond donors (Lipinski definition) is 2. The van der Waals surface area contributed by atoms with Crippen LogP contribution in [0.25, 0.3) is 0 Å². The van der Waals surface area contributed by atoms with Crippen LogP contribution in [0.15, 0.2) is 48.5 Å². The van der Waals surface area contributed by atoms with E-state index in [0.29, 0.717) is 21.9 Å². The van der Waals surface area contributed by atoms with Crippen LogP contribution >= 0.6 is 24.2 Å². The Kier molecular flexibility index (Phi) is 4.78. The zero-order chi connectivity index (χ0) is 16.3. The summed E-state index contributed by atoms with van der Waals surface area (Å²) < 4.78 is 5.26. The van der Waals surface area contributed by atoms with Crippen LogP contribution in [-0.2, 0) is 4.79 Å². The van der Waals surface area contributed by atoms with E-state index in [4.69, 9.17) is 21.4 Å². The van der Waals surface area contributed by atoms with Crippen LogP contribution in [-0.4, -0.2) is 21.8 Å². The van der Waals surface area contributed by atoms with Crippen molar-refractivity contribution in [3.8, 4) is 5.75 Å². The minimum Gasteiger partial charge on any atom is -0.478 e. The largest absolute Gasteiger partial charge is 0.478 e. The number of carbonyl (C=O) groups is 2. The highest BCUT2D eigenvalue weighted by molar-refractivity contribution is 7.82. The number of halogens is 1. The van der Waals surface area contributed by atoms with Crippen molar-refractivity contribution in [2.24, 2.45) is 0 Å². The summed E-state index contributed by atoms with van der Waals surface area (Å²) in [4.78, 5) is 21.6. The first-order valence-corrected chi connectivity index (χ1v) is 7.17. The van der Waals surface area contributed by atoms with Gasteiger partial charge in [0.1, 0.15) is 5.75 Å². The minimum absolute atomic E-state index is 0.157. The summed E-state index contributed by atoms with van der Waals surface area (Å²) in [6.07, 6.45) is 0. The molecule has 0 aliphatic carbocycles. The topological polar surface area (TPSA) is 63.6 Å². The van der Waals surface area contributed by atoms with Gasteiger partial charge < -0.3 is 9.84 Å². The molecule has 0 fully saturated rings. The third-order valence-corrected chi connectivity index (χ3v) is 3.47. The fourth-order valence-electron chi connectivity index (χ4n) is 1.72. The number of benzene rings is 2. The van der Waals surface area contributed by atoms with Crippen molar-refractivity contribution in [3.05, 3.63) is 64.7 Å². The molecule has 0 radical (unpaired) electrons. The number of rotatable bonds is 5. The Morgan fingerprint density at radius 3 is 1.95 bits per heavy atom. The molecule has 0 saturated carbocycles. The third-order valence-electron chi connectivity index (χ3n) is 2.94. The van der Waals surface area contributed by atoms with E-state index in [-0.39, 0.29) is 5.78 Å². The van der Waals surface area contributed by atoms with Crippen molar-refractivity contribution in [1.82, 2.24) is 0 Å². The van der Waals surface area contributed by atoms with E-state index in [9.17, 15) is 9.59 Å². The molecule has 22 heavy (non-hydrogen) atoms. The van der Waals surface area contributed by atoms with Gasteiger partial charge in [0.2, 0.25) is 4.93 Å². The summed E-state index contributed by atoms with van der Waals surface area (Å²) in [5, 5.41) is 9.51. The van der Waals surface area contributed by atoms with E-state index in [1.54, 1.807) is 36.4 Å². The van der Waals surface area contributed by atoms with E-state index in [0.717, 1.165) is 0 Å². The van der Waals surface area contributed by atoms with Gasteiger partial charge >= 0.3 is 5.97 Å². The SMILES string of the molecule is CC(S)(Oc1ccc(C(=O)c2ccc(Cl)cc2)cc1)C(=O)O. The molecule has 0 aliphatic heterocycles. The number of carbonyl (C=O) groups excluding carboxylic acids is 1. The Hall–Kier alpha value is -1.98. The fraction of sp³-hybridized carbons (Fsp3) is 0.125. The van der Waals surface area contributed by atoms with Crippen LogP contribution in [0.3, 0.4) is 0 Å². The number of ether oxygens (including phenoxy) is 1. The molecule has 1 N–H and O–H groups in total. The number of thiol groups is 1. The molecular formula is C16H13ClO4S. The van der Waals surface area contributed by atoms with Gasteiger partial charge in [-0.25, -0.2) is 4.79 Å². The second-order valence-electron chi connectivity index (χ2n) is 4.75. The van der Waals surface area contributed by atoms with E-state index in [1.165, 1.54) is 19.1 Å². The Morgan fingerprint density at radius 1 is 1.05 bits per heavy atom. The average molecular weight is 337 g/mol. The van der Waals surface area contributed by atoms with Crippen molar-refractivity contribution in [2.75, 3.05) is 0 Å². The van der Waals surface area contributed by atoms with Crippen LogP contribution < -0.4 is 4.74 Å². The molecule has 0 heterocycles. The van der Waals surface area contributed by atoms with Crippen molar-refractivity contribution in [1.29, 1.82) is 0 Å².